The van der Waals surface area contributed by atoms with Crippen LogP contribution in [0.15, 0.2) is 42.5 Å². The zero-order valence-corrected chi connectivity index (χ0v) is 16.1. The Bertz CT molecular complexity index is 513. The Balaban J connectivity index is 2.36. The third kappa shape index (κ3) is 7.49. The second kappa shape index (κ2) is 12.1. The lowest BCUT2D eigenvalue weighted by molar-refractivity contribution is 0.581. The molecule has 134 valence electrons. The molecule has 1 nitrogen and oxygen atoms in total. The zero-order chi connectivity index (χ0) is 17.8. The van der Waals surface area contributed by atoms with Gasteiger partial charge in [-0.05, 0) is 49.8 Å². The van der Waals surface area contributed by atoms with Gasteiger partial charge in [-0.3, -0.25) is 0 Å². The first-order chi connectivity index (χ1) is 11.6. The predicted octanol–water partition coefficient (Wildman–Crippen LogP) is 6.81. The van der Waals surface area contributed by atoms with Crippen LogP contribution in [0.1, 0.15) is 82.8 Å². The van der Waals surface area contributed by atoms with Gasteiger partial charge in [-0.25, -0.2) is 0 Å². The third-order valence-corrected chi connectivity index (χ3v) is 4.91. The summed E-state index contributed by atoms with van der Waals surface area (Å²) < 4.78 is 0. The van der Waals surface area contributed by atoms with Gasteiger partial charge in [0.05, 0.1) is 0 Å². The van der Waals surface area contributed by atoms with Crippen LogP contribution in [0.25, 0.3) is 5.57 Å². The van der Waals surface area contributed by atoms with E-state index in [2.05, 4.69) is 57.7 Å². The highest BCUT2D eigenvalue weighted by atomic mass is 14.6. The lowest BCUT2D eigenvalue weighted by Gasteiger charge is -2.18. The van der Waals surface area contributed by atoms with E-state index in [0.29, 0.717) is 0 Å². The first-order valence-electron chi connectivity index (χ1n) is 9.74. The minimum Gasteiger partial charge on any atom is -0.324 e. The summed E-state index contributed by atoms with van der Waals surface area (Å²) in [5.41, 5.74) is 11.6. The maximum absolute atomic E-state index is 6.42. The minimum atomic E-state index is 0.0656. The Kier molecular flexibility index (Phi) is 10.4. The van der Waals surface area contributed by atoms with Crippen molar-refractivity contribution < 1.29 is 0 Å². The first-order valence-corrected chi connectivity index (χ1v) is 9.74. The molecule has 0 bridgehead atoms. The number of unbranched alkanes of at least 4 members (excludes halogenated alkanes) is 6. The summed E-state index contributed by atoms with van der Waals surface area (Å²) in [6.07, 6.45) is 13.5. The molecule has 0 spiro atoms. The van der Waals surface area contributed by atoms with Crippen LogP contribution in [-0.4, -0.2) is 6.04 Å². The second-order valence-corrected chi connectivity index (χ2v) is 6.97. The van der Waals surface area contributed by atoms with Crippen LogP contribution in [0.5, 0.6) is 0 Å². The normalized spacial score (nSPS) is 13.1. The van der Waals surface area contributed by atoms with Crippen molar-refractivity contribution in [1.82, 2.24) is 0 Å². The monoisotopic (exact) mass is 327 g/mol. The van der Waals surface area contributed by atoms with Crippen LogP contribution in [0.2, 0.25) is 0 Å². The summed E-state index contributed by atoms with van der Waals surface area (Å²) in [6, 6.07) is 8.61. The lowest BCUT2D eigenvalue weighted by Crippen LogP contribution is -2.22. The van der Waals surface area contributed by atoms with Gasteiger partial charge in [0.15, 0.2) is 0 Å². The predicted molar refractivity (Wildman–Crippen MR) is 109 cm³/mol. The molecule has 0 heterocycles. The van der Waals surface area contributed by atoms with Crippen molar-refractivity contribution in [3.63, 3.8) is 0 Å². The standard InChI is InChI=1S/C23H37N/c1-5-7-8-9-10-11-12-16-20(4)23(24)18-21(6-2)22-17-14-13-15-19(22)3/h6,13-15,17,23H,4-5,7-12,16,18,24H2,1-3H3/b21-6-. The minimum absolute atomic E-state index is 0.0656. The number of nitrogens with two attached hydrogens (primary N) is 1. The van der Waals surface area contributed by atoms with Crippen LogP contribution in [0, 0.1) is 6.92 Å². The van der Waals surface area contributed by atoms with E-state index in [1.165, 1.54) is 67.2 Å². The largest absolute Gasteiger partial charge is 0.324 e. The zero-order valence-electron chi connectivity index (χ0n) is 16.1. The van der Waals surface area contributed by atoms with E-state index in [-0.39, 0.29) is 6.04 Å². The van der Waals surface area contributed by atoms with Gasteiger partial charge in [0.1, 0.15) is 0 Å². The topological polar surface area (TPSA) is 26.0 Å². The molecule has 0 saturated carbocycles. The molecule has 0 radical (unpaired) electrons. The number of hydrogen-bond acceptors (Lipinski definition) is 1. The molecule has 0 amide bonds. The molecule has 0 aliphatic carbocycles. The maximum Gasteiger partial charge on any atom is 0.0292 e. The summed E-state index contributed by atoms with van der Waals surface area (Å²) >= 11 is 0. The fraction of sp³-hybridized carbons (Fsp3) is 0.565. The van der Waals surface area contributed by atoms with Crippen LogP contribution < -0.4 is 5.73 Å². The van der Waals surface area contributed by atoms with Crippen molar-refractivity contribution in [2.45, 2.75) is 84.6 Å². The summed E-state index contributed by atoms with van der Waals surface area (Å²) in [7, 11) is 0. The number of aryl methyl sites for hydroxylation is 1. The molecule has 0 fully saturated rings. The van der Waals surface area contributed by atoms with Crippen molar-refractivity contribution in [3.8, 4) is 0 Å². The molecule has 1 aromatic rings. The number of hydrogen-bond donors (Lipinski definition) is 1. The highest BCUT2D eigenvalue weighted by molar-refractivity contribution is 5.68. The van der Waals surface area contributed by atoms with E-state index < -0.39 is 0 Å². The number of allylic oxidation sites excluding steroid dienone is 1. The Morgan fingerprint density at radius 1 is 1.08 bits per heavy atom. The molecule has 1 atom stereocenters. The molecule has 1 heteroatoms. The molecule has 1 aromatic carbocycles. The van der Waals surface area contributed by atoms with Gasteiger partial charge in [0, 0.05) is 6.04 Å². The second-order valence-electron chi connectivity index (χ2n) is 6.97. The smallest absolute Gasteiger partial charge is 0.0292 e. The van der Waals surface area contributed by atoms with E-state index in [9.17, 15) is 0 Å². The Hall–Kier alpha value is -1.34. The van der Waals surface area contributed by atoms with Gasteiger partial charge < -0.3 is 5.73 Å². The van der Waals surface area contributed by atoms with Gasteiger partial charge in [-0.2, -0.15) is 0 Å². The van der Waals surface area contributed by atoms with Crippen LogP contribution >= 0.6 is 0 Å². The highest BCUT2D eigenvalue weighted by Gasteiger charge is 2.12. The lowest BCUT2D eigenvalue weighted by atomic mass is 9.91. The molecular weight excluding hydrogens is 290 g/mol. The molecular formula is C23H37N. The maximum atomic E-state index is 6.42. The van der Waals surface area contributed by atoms with E-state index in [0.717, 1.165) is 12.8 Å². The van der Waals surface area contributed by atoms with Crippen molar-refractivity contribution in [3.05, 3.63) is 53.6 Å². The van der Waals surface area contributed by atoms with Crippen molar-refractivity contribution in [2.24, 2.45) is 5.73 Å². The van der Waals surface area contributed by atoms with Crippen LogP contribution in [0.3, 0.4) is 0 Å². The third-order valence-electron chi connectivity index (χ3n) is 4.91. The van der Waals surface area contributed by atoms with Gasteiger partial charge in [0.25, 0.3) is 0 Å². The van der Waals surface area contributed by atoms with E-state index in [1.807, 2.05) is 0 Å². The van der Waals surface area contributed by atoms with E-state index >= 15 is 0 Å². The summed E-state index contributed by atoms with van der Waals surface area (Å²) in [4.78, 5) is 0. The molecule has 1 rings (SSSR count). The summed E-state index contributed by atoms with van der Waals surface area (Å²) in [5, 5.41) is 0. The van der Waals surface area contributed by atoms with Crippen LogP contribution in [0.4, 0.5) is 0 Å². The van der Waals surface area contributed by atoms with E-state index in [1.54, 1.807) is 0 Å². The van der Waals surface area contributed by atoms with Crippen LogP contribution in [-0.2, 0) is 0 Å². The molecule has 0 aliphatic heterocycles. The Morgan fingerprint density at radius 2 is 1.71 bits per heavy atom. The number of rotatable bonds is 12. The van der Waals surface area contributed by atoms with E-state index in [4.69, 9.17) is 5.73 Å². The molecule has 0 aromatic heterocycles. The molecule has 2 N–H and O–H groups in total. The average molecular weight is 328 g/mol. The number of benzene rings is 1. The van der Waals surface area contributed by atoms with Gasteiger partial charge in [-0.15, -0.1) is 0 Å². The average Bonchev–Trinajstić information content (AvgIpc) is 2.59. The van der Waals surface area contributed by atoms with Crippen molar-refractivity contribution in [1.29, 1.82) is 0 Å². The molecule has 1 unspecified atom stereocenters. The Morgan fingerprint density at radius 3 is 2.33 bits per heavy atom. The van der Waals surface area contributed by atoms with Crippen molar-refractivity contribution >= 4 is 5.57 Å². The van der Waals surface area contributed by atoms with Gasteiger partial charge in [-0.1, -0.05) is 87.9 Å². The Labute approximate surface area is 150 Å². The molecule has 0 aliphatic rings. The quantitative estimate of drug-likeness (QED) is 0.331. The molecule has 24 heavy (non-hydrogen) atoms. The van der Waals surface area contributed by atoms with Gasteiger partial charge >= 0.3 is 0 Å². The SMILES string of the molecule is C=C(CCCCCCCCC)C(N)C/C(=C/C)c1ccccc1C. The first kappa shape index (κ1) is 20.7. The molecule has 0 saturated heterocycles. The van der Waals surface area contributed by atoms with Gasteiger partial charge in [0.2, 0.25) is 0 Å². The highest BCUT2D eigenvalue weighted by Crippen LogP contribution is 2.25. The fourth-order valence-corrected chi connectivity index (χ4v) is 3.19. The summed E-state index contributed by atoms with van der Waals surface area (Å²) in [5.74, 6) is 0. The fourth-order valence-electron chi connectivity index (χ4n) is 3.19. The van der Waals surface area contributed by atoms with Crippen molar-refractivity contribution in [2.75, 3.05) is 0 Å². The summed E-state index contributed by atoms with van der Waals surface area (Å²) in [6.45, 7) is 10.8.